The molecule has 1 saturated heterocycles. The third kappa shape index (κ3) is 5.44. The summed E-state index contributed by atoms with van der Waals surface area (Å²) >= 11 is 6.11. The molecular formula is C21H28ClN5O2S. The van der Waals surface area contributed by atoms with Crippen molar-refractivity contribution in [1.29, 1.82) is 0 Å². The standard InChI is InChI=1S/C21H28ClN5O2S/c1-23-21(24-14-16-7-9-20(10-8-16)30(28,29)26(2)3)25-18-11-12-27(15-18)19-6-4-5-17(22)13-19/h4-10,13,18H,11-12,14-15H2,1-3H3,(H2,23,24,25). The van der Waals surface area contributed by atoms with Gasteiger partial charge >= 0.3 is 0 Å². The van der Waals surface area contributed by atoms with E-state index in [0.717, 1.165) is 41.7 Å². The normalized spacial score (nSPS) is 17.4. The number of guanidine groups is 1. The second-order valence-corrected chi connectivity index (χ2v) is 10.0. The van der Waals surface area contributed by atoms with Crippen LogP contribution < -0.4 is 15.5 Å². The number of hydrogen-bond donors (Lipinski definition) is 2. The van der Waals surface area contributed by atoms with Crippen LogP contribution >= 0.6 is 11.6 Å². The van der Waals surface area contributed by atoms with Gasteiger partial charge in [-0.05, 0) is 42.3 Å². The third-order valence-corrected chi connectivity index (χ3v) is 7.15. The molecule has 7 nitrogen and oxygen atoms in total. The van der Waals surface area contributed by atoms with E-state index in [0.29, 0.717) is 6.54 Å². The van der Waals surface area contributed by atoms with Gasteiger partial charge in [-0.1, -0.05) is 29.8 Å². The van der Waals surface area contributed by atoms with E-state index in [-0.39, 0.29) is 10.9 Å². The lowest BCUT2D eigenvalue weighted by atomic mass is 10.2. The molecule has 162 valence electrons. The number of aliphatic imine (C=N–C) groups is 1. The summed E-state index contributed by atoms with van der Waals surface area (Å²) in [7, 11) is 1.38. The maximum absolute atomic E-state index is 12.2. The van der Waals surface area contributed by atoms with Crippen LogP contribution in [0.5, 0.6) is 0 Å². The van der Waals surface area contributed by atoms with Crippen LogP contribution in [0.25, 0.3) is 0 Å². The van der Waals surface area contributed by atoms with Crippen LogP contribution in [0.3, 0.4) is 0 Å². The van der Waals surface area contributed by atoms with Crippen LogP contribution in [0.2, 0.25) is 5.02 Å². The van der Waals surface area contributed by atoms with Crippen LogP contribution in [-0.2, 0) is 16.6 Å². The third-order valence-electron chi connectivity index (χ3n) is 5.09. The summed E-state index contributed by atoms with van der Waals surface area (Å²) in [4.78, 5) is 6.90. The van der Waals surface area contributed by atoms with Gasteiger partial charge < -0.3 is 15.5 Å². The smallest absolute Gasteiger partial charge is 0.242 e. The van der Waals surface area contributed by atoms with Crippen molar-refractivity contribution in [2.45, 2.75) is 23.9 Å². The van der Waals surface area contributed by atoms with Gasteiger partial charge in [-0.3, -0.25) is 4.99 Å². The minimum atomic E-state index is -3.41. The number of benzene rings is 2. The van der Waals surface area contributed by atoms with Crippen LogP contribution in [0.15, 0.2) is 58.4 Å². The molecule has 2 aromatic carbocycles. The lowest BCUT2D eigenvalue weighted by molar-refractivity contribution is 0.520. The average molecular weight is 450 g/mol. The quantitative estimate of drug-likeness (QED) is 0.523. The Morgan fingerprint density at radius 2 is 1.97 bits per heavy atom. The summed E-state index contributed by atoms with van der Waals surface area (Å²) in [5, 5.41) is 7.50. The Kier molecular flexibility index (Phi) is 7.23. The van der Waals surface area contributed by atoms with Gasteiger partial charge in [0, 0.05) is 57.5 Å². The first-order valence-electron chi connectivity index (χ1n) is 9.79. The maximum atomic E-state index is 12.2. The summed E-state index contributed by atoms with van der Waals surface area (Å²) < 4.78 is 25.5. The van der Waals surface area contributed by atoms with E-state index in [4.69, 9.17) is 11.6 Å². The van der Waals surface area contributed by atoms with Crippen LogP contribution in [0.4, 0.5) is 5.69 Å². The average Bonchev–Trinajstić information content (AvgIpc) is 3.20. The van der Waals surface area contributed by atoms with E-state index in [9.17, 15) is 8.42 Å². The van der Waals surface area contributed by atoms with Gasteiger partial charge in [-0.2, -0.15) is 0 Å². The van der Waals surface area contributed by atoms with Crippen molar-refractivity contribution in [2.24, 2.45) is 4.99 Å². The highest BCUT2D eigenvalue weighted by atomic mass is 35.5. The van der Waals surface area contributed by atoms with E-state index in [1.807, 2.05) is 30.3 Å². The second kappa shape index (κ2) is 9.68. The Bertz CT molecular complexity index is 993. The fourth-order valence-electron chi connectivity index (χ4n) is 3.35. The van der Waals surface area contributed by atoms with Gasteiger partial charge in [0.1, 0.15) is 0 Å². The molecule has 1 aliphatic heterocycles. The zero-order chi connectivity index (χ0) is 21.7. The highest BCUT2D eigenvalue weighted by Crippen LogP contribution is 2.23. The second-order valence-electron chi connectivity index (χ2n) is 7.41. The first kappa shape index (κ1) is 22.4. The molecular weight excluding hydrogens is 422 g/mol. The van der Waals surface area contributed by atoms with Crippen LogP contribution in [-0.4, -0.2) is 59.0 Å². The zero-order valence-corrected chi connectivity index (χ0v) is 19.0. The molecule has 30 heavy (non-hydrogen) atoms. The molecule has 3 rings (SSSR count). The Hall–Kier alpha value is -2.29. The molecule has 0 saturated carbocycles. The van der Waals surface area contributed by atoms with Crippen molar-refractivity contribution in [3.05, 3.63) is 59.1 Å². The molecule has 2 aromatic rings. The molecule has 1 atom stereocenters. The molecule has 0 aliphatic carbocycles. The summed E-state index contributed by atoms with van der Waals surface area (Å²) in [6.07, 6.45) is 1.00. The van der Waals surface area contributed by atoms with Gasteiger partial charge in [-0.15, -0.1) is 0 Å². The topological polar surface area (TPSA) is 77.0 Å². The fourth-order valence-corrected chi connectivity index (χ4v) is 4.44. The lowest BCUT2D eigenvalue weighted by Crippen LogP contribution is -2.44. The molecule has 1 unspecified atom stereocenters. The first-order valence-corrected chi connectivity index (χ1v) is 11.6. The Morgan fingerprint density at radius 3 is 2.60 bits per heavy atom. The molecule has 9 heteroatoms. The van der Waals surface area contributed by atoms with Crippen molar-refractivity contribution < 1.29 is 8.42 Å². The summed E-state index contributed by atoms with van der Waals surface area (Å²) in [5.74, 6) is 0.720. The number of nitrogens with one attached hydrogen (secondary N) is 2. The molecule has 1 aliphatic rings. The monoisotopic (exact) mass is 449 g/mol. The van der Waals surface area contributed by atoms with Crippen molar-refractivity contribution in [1.82, 2.24) is 14.9 Å². The highest BCUT2D eigenvalue weighted by Gasteiger charge is 2.23. The molecule has 1 heterocycles. The minimum Gasteiger partial charge on any atom is -0.369 e. The molecule has 0 aromatic heterocycles. The number of hydrogen-bond acceptors (Lipinski definition) is 4. The minimum absolute atomic E-state index is 0.280. The summed E-state index contributed by atoms with van der Waals surface area (Å²) in [5.41, 5.74) is 2.10. The number of sulfonamides is 1. The molecule has 0 spiro atoms. The van der Waals surface area contributed by atoms with Crippen LogP contribution in [0, 0.1) is 0 Å². The lowest BCUT2D eigenvalue weighted by Gasteiger charge is -2.20. The van der Waals surface area contributed by atoms with Crippen LogP contribution in [0.1, 0.15) is 12.0 Å². The van der Waals surface area contributed by atoms with E-state index in [1.54, 1.807) is 19.2 Å². The summed E-state index contributed by atoms with van der Waals surface area (Å²) in [6.45, 7) is 2.38. The predicted octanol–water partition coefficient (Wildman–Crippen LogP) is 2.53. The molecule has 0 amide bonds. The number of halogens is 1. The van der Waals surface area contributed by atoms with Crippen molar-refractivity contribution in [3.8, 4) is 0 Å². The maximum Gasteiger partial charge on any atom is 0.242 e. The zero-order valence-electron chi connectivity index (χ0n) is 17.5. The highest BCUT2D eigenvalue weighted by molar-refractivity contribution is 7.89. The molecule has 0 radical (unpaired) electrons. The van der Waals surface area contributed by atoms with E-state index < -0.39 is 10.0 Å². The number of rotatable bonds is 6. The van der Waals surface area contributed by atoms with Gasteiger partial charge in [0.15, 0.2) is 5.96 Å². The van der Waals surface area contributed by atoms with Crippen molar-refractivity contribution in [3.63, 3.8) is 0 Å². The van der Waals surface area contributed by atoms with Gasteiger partial charge in [0.2, 0.25) is 10.0 Å². The fraction of sp³-hybridized carbons (Fsp3) is 0.381. The van der Waals surface area contributed by atoms with Gasteiger partial charge in [0.05, 0.1) is 4.90 Å². The first-order chi connectivity index (χ1) is 14.3. The van der Waals surface area contributed by atoms with Gasteiger partial charge in [-0.25, -0.2) is 12.7 Å². The van der Waals surface area contributed by atoms with Crippen molar-refractivity contribution in [2.75, 3.05) is 39.1 Å². The molecule has 0 bridgehead atoms. The van der Waals surface area contributed by atoms with Crippen molar-refractivity contribution >= 4 is 33.3 Å². The Morgan fingerprint density at radius 1 is 1.23 bits per heavy atom. The Balaban J connectivity index is 1.53. The van der Waals surface area contributed by atoms with Gasteiger partial charge in [0.25, 0.3) is 0 Å². The molecule has 1 fully saturated rings. The largest absolute Gasteiger partial charge is 0.369 e. The Labute approximate surface area is 183 Å². The van der Waals surface area contributed by atoms with E-state index >= 15 is 0 Å². The number of nitrogens with zero attached hydrogens (tertiary/aromatic N) is 3. The SMILES string of the molecule is CN=C(NCc1ccc(S(=O)(=O)N(C)C)cc1)NC1CCN(c2cccc(Cl)c2)C1. The summed E-state index contributed by atoms with van der Waals surface area (Å²) in [6, 6.07) is 15.1. The molecule has 2 N–H and O–H groups in total. The van der Waals surface area contributed by atoms with E-state index in [2.05, 4.69) is 26.6 Å². The predicted molar refractivity (Wildman–Crippen MR) is 123 cm³/mol. The van der Waals surface area contributed by atoms with E-state index in [1.165, 1.54) is 18.4 Å². The number of anilines is 1.